The summed E-state index contributed by atoms with van der Waals surface area (Å²) in [6, 6.07) is 0. The molecule has 0 saturated carbocycles. The van der Waals surface area contributed by atoms with Crippen molar-refractivity contribution < 1.29 is 80.2 Å². The van der Waals surface area contributed by atoms with E-state index < -0.39 is 97.5 Å². The van der Waals surface area contributed by atoms with Crippen LogP contribution in [0.5, 0.6) is 0 Å². The van der Waals surface area contributed by atoms with E-state index in [2.05, 4.69) is 48.5 Å². The Morgan fingerprint density at radius 3 is 0.716 bits per heavy atom. The minimum Gasteiger partial charge on any atom is -0.462 e. The molecule has 0 heterocycles. The maximum Gasteiger partial charge on any atom is 0.472 e. The smallest absolute Gasteiger partial charge is 0.462 e. The highest BCUT2D eigenvalue weighted by Crippen LogP contribution is 2.45. The number of aliphatic hydroxyl groups excluding tert-OH is 1. The van der Waals surface area contributed by atoms with Crippen molar-refractivity contribution in [1.29, 1.82) is 0 Å². The van der Waals surface area contributed by atoms with Gasteiger partial charge in [-0.25, -0.2) is 9.13 Å². The summed E-state index contributed by atoms with van der Waals surface area (Å²) in [7, 11) is -9.91. The fraction of sp³-hybridized carbons (Fsp3) is 0.947. The second kappa shape index (κ2) is 66.6. The number of unbranched alkanes of at least 4 members (excludes halogenated alkanes) is 42. The molecule has 2 unspecified atom stereocenters. The third-order valence-electron chi connectivity index (χ3n) is 17.6. The Labute approximate surface area is 581 Å². The maximum atomic E-state index is 13.1. The SMILES string of the molecule is CCCCCCCCCCCC(=O)OC[C@H](COP(=O)(O)OC[C@H](O)COP(=O)(O)OC[C@@H](COC(=O)CCCCCCCCCCCCCCC(C)C)OC(=O)CCCCCCCCCCCCCCCC(C)C)OC(=O)CCCCCCCCCCCCCCC(C)C. The second-order valence-corrected chi connectivity index (χ2v) is 31.7. The van der Waals surface area contributed by atoms with Crippen molar-refractivity contribution in [2.75, 3.05) is 39.6 Å². The first-order chi connectivity index (χ1) is 45.7. The molecule has 0 aliphatic carbocycles. The molecule has 3 N–H and O–H groups in total. The molecule has 0 fully saturated rings. The largest absolute Gasteiger partial charge is 0.472 e. The Balaban J connectivity index is 5.24. The molecule has 17 nitrogen and oxygen atoms in total. The molecule has 0 rings (SSSR count). The highest BCUT2D eigenvalue weighted by molar-refractivity contribution is 7.47. The molecule has 19 heteroatoms. The highest BCUT2D eigenvalue weighted by Gasteiger charge is 2.30. The molecule has 0 aromatic heterocycles. The summed E-state index contributed by atoms with van der Waals surface area (Å²) in [6.45, 7) is 11.9. The van der Waals surface area contributed by atoms with Crippen LogP contribution < -0.4 is 0 Å². The van der Waals surface area contributed by atoms with Gasteiger partial charge in [0.2, 0.25) is 0 Å². The summed E-state index contributed by atoms with van der Waals surface area (Å²) in [5.41, 5.74) is 0. The lowest BCUT2D eigenvalue weighted by molar-refractivity contribution is -0.161. The van der Waals surface area contributed by atoms with Crippen LogP contribution in [0.25, 0.3) is 0 Å². The Morgan fingerprint density at radius 2 is 0.484 bits per heavy atom. The number of phosphoric ester groups is 2. The van der Waals surface area contributed by atoms with Gasteiger partial charge >= 0.3 is 39.5 Å². The van der Waals surface area contributed by atoms with Crippen LogP contribution in [-0.4, -0.2) is 96.7 Å². The van der Waals surface area contributed by atoms with Gasteiger partial charge < -0.3 is 33.8 Å². The van der Waals surface area contributed by atoms with Crippen LogP contribution in [-0.2, 0) is 65.4 Å². The van der Waals surface area contributed by atoms with E-state index >= 15 is 0 Å². The van der Waals surface area contributed by atoms with Gasteiger partial charge in [-0.1, -0.05) is 337 Å². The standard InChI is InChI=1S/C76H148O17P2/c1-8-9-10-11-12-26-36-43-50-57-73(78)86-63-71(92-76(81)60-53-46-39-32-25-19-17-22-29-35-42-49-56-69(6)7)65-90-94(82,83)88-61-70(77)62-89-95(84,85)91-66-72(64-87-74(79)58-51-44-37-30-23-18-16-21-28-34-41-48-55-68(4)5)93-75(80)59-52-45-38-31-24-15-13-14-20-27-33-40-47-54-67(2)3/h67-72,77H,8-66H2,1-7H3,(H,82,83)(H,84,85)/t70-,71+,72+/m0/s1. The van der Waals surface area contributed by atoms with Gasteiger partial charge in [-0.05, 0) is 43.4 Å². The number of ether oxygens (including phenoxy) is 4. The number of esters is 4. The van der Waals surface area contributed by atoms with Gasteiger partial charge in [0.05, 0.1) is 26.4 Å². The van der Waals surface area contributed by atoms with Crippen molar-refractivity contribution in [2.45, 2.75) is 407 Å². The van der Waals surface area contributed by atoms with Crippen LogP contribution in [0.1, 0.15) is 389 Å². The maximum absolute atomic E-state index is 13.1. The van der Waals surface area contributed by atoms with Crippen molar-refractivity contribution in [2.24, 2.45) is 17.8 Å². The molecular weight excluding hydrogens is 1250 g/mol. The molecule has 0 aromatic rings. The number of hydrogen-bond donors (Lipinski definition) is 3. The lowest BCUT2D eigenvalue weighted by Gasteiger charge is -2.21. The molecule has 0 bridgehead atoms. The number of carbonyl (C=O) groups is 4. The van der Waals surface area contributed by atoms with E-state index in [0.29, 0.717) is 25.7 Å². The van der Waals surface area contributed by atoms with Crippen molar-refractivity contribution in [1.82, 2.24) is 0 Å². The summed E-state index contributed by atoms with van der Waals surface area (Å²) < 4.78 is 68.5. The predicted molar refractivity (Wildman–Crippen MR) is 386 cm³/mol. The van der Waals surface area contributed by atoms with Gasteiger partial charge in [0, 0.05) is 25.7 Å². The number of aliphatic hydroxyl groups is 1. The summed E-state index contributed by atoms with van der Waals surface area (Å²) in [6.07, 6.45) is 52.6. The Kier molecular flexibility index (Phi) is 65.2. The van der Waals surface area contributed by atoms with E-state index in [1.807, 2.05) is 0 Å². The highest BCUT2D eigenvalue weighted by atomic mass is 31.2. The first kappa shape index (κ1) is 93.1. The third-order valence-corrected chi connectivity index (χ3v) is 19.5. The minimum atomic E-state index is -4.96. The lowest BCUT2D eigenvalue weighted by atomic mass is 10.0. The minimum absolute atomic E-state index is 0.107. The van der Waals surface area contributed by atoms with Gasteiger partial charge in [-0.3, -0.25) is 37.3 Å². The fourth-order valence-electron chi connectivity index (χ4n) is 11.6. The normalized spacial score (nSPS) is 14.1. The monoisotopic (exact) mass is 1400 g/mol. The van der Waals surface area contributed by atoms with Crippen molar-refractivity contribution in [3.63, 3.8) is 0 Å². The number of phosphoric acid groups is 2. The molecule has 0 radical (unpaired) electrons. The van der Waals surface area contributed by atoms with Crippen LogP contribution in [0, 0.1) is 17.8 Å². The predicted octanol–water partition coefficient (Wildman–Crippen LogP) is 22.2. The molecule has 0 aromatic carbocycles. The van der Waals surface area contributed by atoms with E-state index in [1.54, 1.807) is 0 Å². The molecule has 5 atom stereocenters. The Bertz CT molecular complexity index is 1850. The van der Waals surface area contributed by atoms with E-state index in [1.165, 1.54) is 199 Å². The van der Waals surface area contributed by atoms with Crippen molar-refractivity contribution >= 4 is 39.5 Å². The van der Waals surface area contributed by atoms with Crippen molar-refractivity contribution in [3.05, 3.63) is 0 Å². The lowest BCUT2D eigenvalue weighted by Crippen LogP contribution is -2.30. The summed E-state index contributed by atoms with van der Waals surface area (Å²) in [5, 5.41) is 10.6. The average Bonchev–Trinajstić information content (AvgIpc) is 1.57. The summed E-state index contributed by atoms with van der Waals surface area (Å²) in [5.74, 6) is 0.228. The molecule has 0 aliphatic rings. The van der Waals surface area contributed by atoms with Gasteiger partial charge in [-0.2, -0.15) is 0 Å². The first-order valence-corrected chi connectivity index (χ1v) is 42.3. The molecule has 0 amide bonds. The van der Waals surface area contributed by atoms with Crippen LogP contribution in [0.3, 0.4) is 0 Å². The number of carbonyl (C=O) groups excluding carboxylic acids is 4. The third kappa shape index (κ3) is 70.3. The van der Waals surface area contributed by atoms with E-state index in [4.69, 9.17) is 37.0 Å². The first-order valence-electron chi connectivity index (χ1n) is 39.3. The quantitative estimate of drug-likeness (QED) is 0.0222. The number of rotatable bonds is 74. The summed E-state index contributed by atoms with van der Waals surface area (Å²) in [4.78, 5) is 72.8. The van der Waals surface area contributed by atoms with E-state index in [-0.39, 0.29) is 25.7 Å². The fourth-order valence-corrected chi connectivity index (χ4v) is 13.2. The average molecular weight is 1400 g/mol. The van der Waals surface area contributed by atoms with E-state index in [0.717, 1.165) is 108 Å². The van der Waals surface area contributed by atoms with Crippen LogP contribution in [0.15, 0.2) is 0 Å². The Hall–Kier alpha value is -1.94. The number of hydrogen-bond acceptors (Lipinski definition) is 15. The van der Waals surface area contributed by atoms with Crippen LogP contribution >= 0.6 is 15.6 Å². The van der Waals surface area contributed by atoms with Crippen molar-refractivity contribution in [3.8, 4) is 0 Å². The van der Waals surface area contributed by atoms with Gasteiger partial charge in [0.25, 0.3) is 0 Å². The van der Waals surface area contributed by atoms with Crippen LogP contribution in [0.4, 0.5) is 0 Å². The van der Waals surface area contributed by atoms with Gasteiger partial charge in [0.1, 0.15) is 19.3 Å². The van der Waals surface area contributed by atoms with E-state index in [9.17, 15) is 43.2 Å². The summed E-state index contributed by atoms with van der Waals surface area (Å²) >= 11 is 0. The zero-order valence-electron chi connectivity index (χ0n) is 62.1. The second-order valence-electron chi connectivity index (χ2n) is 28.8. The zero-order valence-corrected chi connectivity index (χ0v) is 63.9. The van der Waals surface area contributed by atoms with Gasteiger partial charge in [0.15, 0.2) is 12.2 Å². The zero-order chi connectivity index (χ0) is 70.1. The topological polar surface area (TPSA) is 237 Å². The molecule has 0 saturated heterocycles. The van der Waals surface area contributed by atoms with Crippen LogP contribution in [0.2, 0.25) is 0 Å². The molecule has 95 heavy (non-hydrogen) atoms. The molecular formula is C76H148O17P2. The molecule has 0 spiro atoms. The van der Waals surface area contributed by atoms with Gasteiger partial charge in [-0.15, -0.1) is 0 Å². The molecule has 0 aliphatic heterocycles. The Morgan fingerprint density at radius 1 is 0.284 bits per heavy atom. The molecule has 564 valence electrons.